The molecule has 2 amide bonds. The van der Waals surface area contributed by atoms with E-state index in [-0.39, 0.29) is 41.7 Å². The van der Waals surface area contributed by atoms with Crippen LogP contribution in [0.15, 0.2) is 24.3 Å². The highest BCUT2D eigenvalue weighted by atomic mass is 35.5. The molecule has 2 saturated heterocycles. The van der Waals surface area contributed by atoms with Gasteiger partial charge in [-0.05, 0) is 32.4 Å². The summed E-state index contributed by atoms with van der Waals surface area (Å²) < 4.78 is 0. The lowest BCUT2D eigenvalue weighted by molar-refractivity contribution is -0.139. The summed E-state index contributed by atoms with van der Waals surface area (Å²) in [5, 5.41) is 4.02. The molecule has 0 spiro atoms. The lowest BCUT2D eigenvalue weighted by Gasteiger charge is -2.38. The van der Waals surface area contributed by atoms with E-state index >= 15 is 0 Å². The van der Waals surface area contributed by atoms with Crippen LogP contribution < -0.4 is 5.32 Å². The van der Waals surface area contributed by atoms with E-state index in [0.29, 0.717) is 31.1 Å². The fourth-order valence-corrected chi connectivity index (χ4v) is 4.01. The monoisotopic (exact) mass is 399 g/mol. The topological polar surface area (TPSA) is 52.7 Å². The highest BCUT2D eigenvalue weighted by molar-refractivity contribution is 6.31. The van der Waals surface area contributed by atoms with Gasteiger partial charge < -0.3 is 15.1 Å². The zero-order valence-electron chi connectivity index (χ0n) is 15.5. The Morgan fingerprint density at radius 1 is 1.27 bits per heavy atom. The van der Waals surface area contributed by atoms with Crippen LogP contribution in [0.25, 0.3) is 0 Å². The second kappa shape index (κ2) is 8.15. The molecule has 0 bridgehead atoms. The first kappa shape index (κ1) is 21.0. The number of likely N-dealkylation sites (tertiary alicyclic amines) is 1. The highest BCUT2D eigenvalue weighted by Crippen LogP contribution is 2.32. The number of carbonyl (C=O) groups is 2. The quantitative estimate of drug-likeness (QED) is 0.831. The number of rotatable bonds is 2. The second-order valence-corrected chi connectivity index (χ2v) is 8.26. The van der Waals surface area contributed by atoms with Crippen LogP contribution in [0.4, 0.5) is 0 Å². The molecule has 1 N–H and O–H groups in total. The number of halogens is 2. The Morgan fingerprint density at radius 3 is 2.58 bits per heavy atom. The maximum Gasteiger partial charge on any atom is 0.228 e. The summed E-state index contributed by atoms with van der Waals surface area (Å²) in [6, 6.07) is 7.58. The summed E-state index contributed by atoms with van der Waals surface area (Å²) in [7, 11) is 0. The van der Waals surface area contributed by atoms with E-state index in [1.807, 2.05) is 54.8 Å². The average molecular weight is 400 g/mol. The van der Waals surface area contributed by atoms with E-state index in [1.165, 1.54) is 0 Å². The van der Waals surface area contributed by atoms with E-state index < -0.39 is 0 Å². The number of nitrogens with zero attached hydrogens (tertiary/aromatic N) is 2. The smallest absolute Gasteiger partial charge is 0.228 e. The predicted molar refractivity (Wildman–Crippen MR) is 106 cm³/mol. The van der Waals surface area contributed by atoms with Crippen molar-refractivity contribution >= 4 is 35.8 Å². The first-order valence-electron chi connectivity index (χ1n) is 8.85. The number of amides is 2. The van der Waals surface area contributed by atoms with Crippen LogP contribution in [0, 0.1) is 5.92 Å². The number of piperazine rings is 1. The molecule has 2 aliphatic rings. The summed E-state index contributed by atoms with van der Waals surface area (Å²) in [6.07, 6.45) is 0.301. The van der Waals surface area contributed by atoms with Gasteiger partial charge in [-0.15, -0.1) is 12.4 Å². The van der Waals surface area contributed by atoms with Crippen molar-refractivity contribution in [2.75, 3.05) is 26.2 Å². The third-order valence-corrected chi connectivity index (χ3v) is 5.42. The van der Waals surface area contributed by atoms with Crippen LogP contribution in [0.1, 0.15) is 38.8 Å². The standard InChI is InChI=1S/C19H26ClN3O2.ClH/c1-19(2,3)23-12-13(10-17(23)24)18(25)22-9-8-21-11-16(22)14-6-4-5-7-15(14)20;/h4-7,13,16,21H,8-12H2,1-3H3;1H. The average Bonchev–Trinajstić information content (AvgIpc) is 2.97. The highest BCUT2D eigenvalue weighted by Gasteiger charge is 2.42. The Morgan fingerprint density at radius 2 is 1.96 bits per heavy atom. The van der Waals surface area contributed by atoms with Crippen molar-refractivity contribution in [3.05, 3.63) is 34.9 Å². The minimum absolute atomic E-state index is 0. The Hall–Kier alpha value is -1.30. The zero-order chi connectivity index (χ0) is 18.2. The molecule has 1 aromatic rings. The van der Waals surface area contributed by atoms with Gasteiger partial charge in [0.1, 0.15) is 0 Å². The molecule has 0 aromatic heterocycles. The maximum atomic E-state index is 13.2. The fourth-order valence-electron chi connectivity index (χ4n) is 3.75. The number of nitrogens with one attached hydrogen (secondary N) is 1. The number of carbonyl (C=O) groups excluding carboxylic acids is 2. The summed E-state index contributed by atoms with van der Waals surface area (Å²) in [5.74, 6) is -0.142. The van der Waals surface area contributed by atoms with Gasteiger partial charge >= 0.3 is 0 Å². The molecule has 0 aliphatic carbocycles. The normalized spacial score (nSPS) is 23.8. The van der Waals surface area contributed by atoms with Gasteiger partial charge in [0.15, 0.2) is 0 Å². The third-order valence-electron chi connectivity index (χ3n) is 5.07. The van der Waals surface area contributed by atoms with Gasteiger partial charge in [-0.3, -0.25) is 9.59 Å². The molecule has 1 aromatic carbocycles. The molecule has 2 heterocycles. The molecule has 3 rings (SSSR count). The van der Waals surface area contributed by atoms with Gasteiger partial charge in [-0.25, -0.2) is 0 Å². The minimum atomic E-state index is -0.269. The molecule has 26 heavy (non-hydrogen) atoms. The molecular formula is C19H27Cl2N3O2. The van der Waals surface area contributed by atoms with Crippen molar-refractivity contribution in [2.24, 2.45) is 5.92 Å². The molecular weight excluding hydrogens is 373 g/mol. The van der Waals surface area contributed by atoms with E-state index in [9.17, 15) is 9.59 Å². The fraction of sp³-hybridized carbons (Fsp3) is 0.579. The predicted octanol–water partition coefficient (Wildman–Crippen LogP) is 2.88. The minimum Gasteiger partial charge on any atom is -0.337 e. The van der Waals surface area contributed by atoms with Crippen molar-refractivity contribution in [3.63, 3.8) is 0 Å². The molecule has 0 saturated carbocycles. The van der Waals surface area contributed by atoms with Gasteiger partial charge in [0, 0.05) is 43.2 Å². The molecule has 2 atom stereocenters. The van der Waals surface area contributed by atoms with Crippen LogP contribution >= 0.6 is 24.0 Å². The number of hydrogen-bond acceptors (Lipinski definition) is 3. The first-order valence-corrected chi connectivity index (χ1v) is 9.23. The lowest BCUT2D eigenvalue weighted by atomic mass is 9.99. The largest absolute Gasteiger partial charge is 0.337 e. The third kappa shape index (κ3) is 4.16. The number of hydrogen-bond donors (Lipinski definition) is 1. The van der Waals surface area contributed by atoms with Crippen molar-refractivity contribution in [3.8, 4) is 0 Å². The summed E-state index contributed by atoms with van der Waals surface area (Å²) in [6.45, 7) is 8.60. The Kier molecular flexibility index (Phi) is 6.59. The van der Waals surface area contributed by atoms with Crippen molar-refractivity contribution < 1.29 is 9.59 Å². The van der Waals surface area contributed by atoms with E-state index in [4.69, 9.17) is 11.6 Å². The maximum absolute atomic E-state index is 13.2. The molecule has 7 heteroatoms. The van der Waals surface area contributed by atoms with Gasteiger partial charge in [0.05, 0.1) is 12.0 Å². The Bertz CT molecular complexity index is 675. The van der Waals surface area contributed by atoms with Crippen LogP contribution in [-0.4, -0.2) is 53.3 Å². The van der Waals surface area contributed by atoms with Gasteiger partial charge in [0.2, 0.25) is 11.8 Å². The van der Waals surface area contributed by atoms with E-state index in [0.717, 1.165) is 12.1 Å². The first-order chi connectivity index (χ1) is 11.8. The molecule has 2 unspecified atom stereocenters. The lowest BCUT2D eigenvalue weighted by Crippen LogP contribution is -2.51. The Balaban J connectivity index is 0.00000243. The molecule has 5 nitrogen and oxygen atoms in total. The van der Waals surface area contributed by atoms with Gasteiger partial charge in [0.25, 0.3) is 0 Å². The Labute approximate surface area is 166 Å². The van der Waals surface area contributed by atoms with Crippen molar-refractivity contribution in [1.82, 2.24) is 15.1 Å². The van der Waals surface area contributed by atoms with Gasteiger partial charge in [-0.2, -0.15) is 0 Å². The summed E-state index contributed by atoms with van der Waals surface area (Å²) >= 11 is 6.37. The van der Waals surface area contributed by atoms with Crippen LogP contribution in [-0.2, 0) is 9.59 Å². The van der Waals surface area contributed by atoms with Crippen molar-refractivity contribution in [2.45, 2.75) is 38.8 Å². The molecule has 144 valence electrons. The van der Waals surface area contributed by atoms with Crippen LogP contribution in [0.5, 0.6) is 0 Å². The summed E-state index contributed by atoms with van der Waals surface area (Å²) in [5.41, 5.74) is 0.708. The molecule has 0 radical (unpaired) electrons. The van der Waals surface area contributed by atoms with Crippen LogP contribution in [0.3, 0.4) is 0 Å². The second-order valence-electron chi connectivity index (χ2n) is 7.85. The van der Waals surface area contributed by atoms with E-state index in [2.05, 4.69) is 5.32 Å². The van der Waals surface area contributed by atoms with Gasteiger partial charge in [-0.1, -0.05) is 29.8 Å². The van der Waals surface area contributed by atoms with Crippen molar-refractivity contribution in [1.29, 1.82) is 0 Å². The molecule has 2 aliphatic heterocycles. The zero-order valence-corrected chi connectivity index (χ0v) is 17.1. The van der Waals surface area contributed by atoms with E-state index in [1.54, 1.807) is 0 Å². The molecule has 2 fully saturated rings. The number of benzene rings is 1. The van der Waals surface area contributed by atoms with Crippen LogP contribution in [0.2, 0.25) is 5.02 Å². The summed E-state index contributed by atoms with van der Waals surface area (Å²) in [4.78, 5) is 29.3. The SMILES string of the molecule is CC(C)(C)N1CC(C(=O)N2CCNCC2c2ccccc2Cl)CC1=O.Cl.